The maximum Gasteiger partial charge on any atom is 0.124 e. The third kappa shape index (κ3) is 4.03. The Bertz CT molecular complexity index is 567. The molecule has 1 N–H and O–H groups in total. The summed E-state index contributed by atoms with van der Waals surface area (Å²) in [6.07, 6.45) is 0. The second-order valence-electron chi connectivity index (χ2n) is 3.98. The molecule has 19 heavy (non-hydrogen) atoms. The Morgan fingerprint density at radius 2 is 1.89 bits per heavy atom. The van der Waals surface area contributed by atoms with Crippen LogP contribution < -0.4 is 4.74 Å². The van der Waals surface area contributed by atoms with Crippen molar-refractivity contribution >= 4 is 31.9 Å². The van der Waals surface area contributed by atoms with Crippen molar-refractivity contribution in [2.75, 3.05) is 0 Å². The van der Waals surface area contributed by atoms with E-state index in [-0.39, 0.29) is 19.0 Å². The summed E-state index contributed by atoms with van der Waals surface area (Å²) in [7, 11) is 0. The largest absolute Gasteiger partial charge is 0.489 e. The molecule has 2 aromatic rings. The van der Waals surface area contributed by atoms with Crippen LogP contribution in [0.3, 0.4) is 0 Å². The minimum Gasteiger partial charge on any atom is -0.489 e. The molecule has 0 saturated carbocycles. The molecule has 0 saturated heterocycles. The monoisotopic (exact) mass is 388 g/mol. The van der Waals surface area contributed by atoms with E-state index in [0.29, 0.717) is 10.2 Å². The molecular formula is C14H11Br2FO2. The minimum absolute atomic E-state index is 0.0662. The fourth-order valence-electron chi connectivity index (χ4n) is 1.62. The molecule has 0 aromatic heterocycles. The Hall–Kier alpha value is -0.910. The van der Waals surface area contributed by atoms with E-state index < -0.39 is 0 Å². The van der Waals surface area contributed by atoms with Crippen LogP contribution in [0.2, 0.25) is 0 Å². The second kappa shape index (κ2) is 6.50. The van der Waals surface area contributed by atoms with Crippen LogP contribution in [-0.2, 0) is 13.2 Å². The number of aliphatic hydroxyl groups is 1. The van der Waals surface area contributed by atoms with Crippen molar-refractivity contribution in [2.24, 2.45) is 0 Å². The van der Waals surface area contributed by atoms with Gasteiger partial charge in [0.15, 0.2) is 0 Å². The van der Waals surface area contributed by atoms with Crippen LogP contribution in [-0.4, -0.2) is 5.11 Å². The summed E-state index contributed by atoms with van der Waals surface area (Å²) in [6, 6.07) is 9.97. The zero-order valence-electron chi connectivity index (χ0n) is 9.87. The van der Waals surface area contributed by atoms with Crippen molar-refractivity contribution in [3.05, 3.63) is 62.3 Å². The van der Waals surface area contributed by atoms with E-state index in [4.69, 9.17) is 9.84 Å². The van der Waals surface area contributed by atoms with Crippen LogP contribution in [0.4, 0.5) is 4.39 Å². The van der Waals surface area contributed by atoms with Crippen LogP contribution in [0.5, 0.6) is 5.75 Å². The van der Waals surface area contributed by atoms with E-state index in [0.717, 1.165) is 15.6 Å². The molecule has 2 aromatic carbocycles. The van der Waals surface area contributed by atoms with E-state index in [2.05, 4.69) is 31.9 Å². The van der Waals surface area contributed by atoms with Crippen LogP contribution in [0.15, 0.2) is 45.3 Å². The molecule has 5 heteroatoms. The topological polar surface area (TPSA) is 29.5 Å². The van der Waals surface area contributed by atoms with Gasteiger partial charge in [-0.3, -0.25) is 0 Å². The Morgan fingerprint density at radius 1 is 1.11 bits per heavy atom. The molecule has 2 rings (SSSR count). The summed E-state index contributed by atoms with van der Waals surface area (Å²) < 4.78 is 20.3. The van der Waals surface area contributed by atoms with Gasteiger partial charge in [0.2, 0.25) is 0 Å². The maximum atomic E-state index is 13.2. The quantitative estimate of drug-likeness (QED) is 0.838. The van der Waals surface area contributed by atoms with Crippen molar-refractivity contribution in [1.82, 2.24) is 0 Å². The zero-order valence-corrected chi connectivity index (χ0v) is 13.0. The van der Waals surface area contributed by atoms with Crippen LogP contribution in [0.25, 0.3) is 0 Å². The number of rotatable bonds is 4. The molecule has 0 atom stereocenters. The number of ether oxygens (including phenoxy) is 1. The number of halogens is 3. The smallest absolute Gasteiger partial charge is 0.124 e. The summed E-state index contributed by atoms with van der Waals surface area (Å²) in [5, 5.41) is 9.16. The maximum absolute atomic E-state index is 13.2. The van der Waals surface area contributed by atoms with Gasteiger partial charge in [0.1, 0.15) is 18.2 Å². The molecule has 0 aliphatic rings. The number of benzene rings is 2. The van der Waals surface area contributed by atoms with Crippen molar-refractivity contribution < 1.29 is 14.2 Å². The van der Waals surface area contributed by atoms with E-state index in [1.807, 2.05) is 6.07 Å². The van der Waals surface area contributed by atoms with Gasteiger partial charge in [-0.15, -0.1) is 0 Å². The van der Waals surface area contributed by atoms with Crippen molar-refractivity contribution in [3.8, 4) is 5.75 Å². The fraction of sp³-hybridized carbons (Fsp3) is 0.143. The lowest BCUT2D eigenvalue weighted by atomic mass is 10.2. The summed E-state index contributed by atoms with van der Waals surface area (Å²) >= 11 is 6.57. The number of hydrogen-bond donors (Lipinski definition) is 1. The first-order chi connectivity index (χ1) is 9.08. The number of hydrogen-bond acceptors (Lipinski definition) is 2. The van der Waals surface area contributed by atoms with E-state index in [1.165, 1.54) is 12.1 Å². The summed E-state index contributed by atoms with van der Waals surface area (Å²) in [4.78, 5) is 0. The third-order valence-electron chi connectivity index (χ3n) is 2.52. The first-order valence-electron chi connectivity index (χ1n) is 5.55. The van der Waals surface area contributed by atoms with Crippen LogP contribution in [0.1, 0.15) is 11.1 Å². The standard InChI is InChI=1S/C14H11Br2FO2/c15-11-3-9(4-12(17)6-11)8-19-13-1-2-14(16)10(5-13)7-18/h1-6,18H,7-8H2. The highest BCUT2D eigenvalue weighted by Gasteiger charge is 2.03. The lowest BCUT2D eigenvalue weighted by Crippen LogP contribution is -1.97. The van der Waals surface area contributed by atoms with Crippen LogP contribution >= 0.6 is 31.9 Å². The van der Waals surface area contributed by atoms with Gasteiger partial charge in [-0.05, 0) is 47.5 Å². The molecule has 2 nitrogen and oxygen atoms in total. The van der Waals surface area contributed by atoms with Gasteiger partial charge in [-0.25, -0.2) is 4.39 Å². The van der Waals surface area contributed by atoms with Crippen molar-refractivity contribution in [1.29, 1.82) is 0 Å². The first-order valence-corrected chi connectivity index (χ1v) is 7.14. The Morgan fingerprint density at radius 3 is 2.58 bits per heavy atom. The van der Waals surface area contributed by atoms with E-state index >= 15 is 0 Å². The summed E-state index contributed by atoms with van der Waals surface area (Å²) in [5.41, 5.74) is 1.48. The third-order valence-corrected chi connectivity index (χ3v) is 3.75. The Labute approximate surface area is 127 Å². The first kappa shape index (κ1) is 14.5. The molecule has 0 heterocycles. The predicted octanol–water partition coefficient (Wildman–Crippen LogP) is 4.42. The molecule has 0 aliphatic heterocycles. The van der Waals surface area contributed by atoms with Gasteiger partial charge in [0, 0.05) is 8.95 Å². The number of aliphatic hydroxyl groups excluding tert-OH is 1. The second-order valence-corrected chi connectivity index (χ2v) is 5.75. The van der Waals surface area contributed by atoms with E-state index in [1.54, 1.807) is 18.2 Å². The summed E-state index contributed by atoms with van der Waals surface area (Å²) in [6.45, 7) is 0.201. The zero-order chi connectivity index (χ0) is 13.8. The molecule has 0 spiro atoms. The molecular weight excluding hydrogens is 379 g/mol. The summed E-state index contributed by atoms with van der Waals surface area (Å²) in [5.74, 6) is 0.326. The lowest BCUT2D eigenvalue weighted by Gasteiger charge is -2.09. The molecule has 0 aliphatic carbocycles. The molecule has 0 amide bonds. The fourth-order valence-corrected chi connectivity index (χ4v) is 2.51. The van der Waals surface area contributed by atoms with Gasteiger partial charge >= 0.3 is 0 Å². The van der Waals surface area contributed by atoms with Gasteiger partial charge in [0.05, 0.1) is 6.61 Å². The average molecular weight is 390 g/mol. The minimum atomic E-state index is -0.306. The molecule has 0 radical (unpaired) electrons. The van der Waals surface area contributed by atoms with Gasteiger partial charge in [-0.2, -0.15) is 0 Å². The SMILES string of the molecule is OCc1cc(OCc2cc(F)cc(Br)c2)ccc1Br. The molecule has 100 valence electrons. The average Bonchev–Trinajstić information content (AvgIpc) is 2.36. The van der Waals surface area contributed by atoms with Crippen LogP contribution in [0, 0.1) is 5.82 Å². The lowest BCUT2D eigenvalue weighted by molar-refractivity contribution is 0.277. The molecule has 0 unspecified atom stereocenters. The highest BCUT2D eigenvalue weighted by Crippen LogP contribution is 2.24. The van der Waals surface area contributed by atoms with Crippen molar-refractivity contribution in [3.63, 3.8) is 0 Å². The van der Waals surface area contributed by atoms with E-state index in [9.17, 15) is 4.39 Å². The normalized spacial score (nSPS) is 10.5. The van der Waals surface area contributed by atoms with Gasteiger partial charge in [-0.1, -0.05) is 31.9 Å². The highest BCUT2D eigenvalue weighted by molar-refractivity contribution is 9.10. The van der Waals surface area contributed by atoms with Gasteiger partial charge in [0.25, 0.3) is 0 Å². The molecule has 0 bridgehead atoms. The Balaban J connectivity index is 2.10. The Kier molecular flexibility index (Phi) is 4.96. The van der Waals surface area contributed by atoms with Gasteiger partial charge < -0.3 is 9.84 Å². The molecule has 0 fully saturated rings. The predicted molar refractivity (Wildman–Crippen MR) is 78.5 cm³/mol. The van der Waals surface area contributed by atoms with Crippen molar-refractivity contribution in [2.45, 2.75) is 13.2 Å². The highest BCUT2D eigenvalue weighted by atomic mass is 79.9.